The van der Waals surface area contributed by atoms with Crippen LogP contribution in [0.5, 0.6) is 0 Å². The summed E-state index contributed by atoms with van der Waals surface area (Å²) < 4.78 is 26.4. The van der Waals surface area contributed by atoms with Crippen molar-refractivity contribution in [3.05, 3.63) is 120 Å². The second-order valence-corrected chi connectivity index (χ2v) is 20.6. The Balaban J connectivity index is 1.37. The third-order valence-electron chi connectivity index (χ3n) is 10.6. The quantitative estimate of drug-likeness (QED) is 0.0397. The van der Waals surface area contributed by atoms with Crippen LogP contribution in [0.2, 0.25) is 5.04 Å². The fourth-order valence-electron chi connectivity index (χ4n) is 7.90. The zero-order valence-electron chi connectivity index (χ0n) is 31.6. The number of methoxy groups -OCH3 is 1. The van der Waals surface area contributed by atoms with Crippen LogP contribution in [0, 0.1) is 5.92 Å². The summed E-state index contributed by atoms with van der Waals surface area (Å²) >= 11 is 1.78. The first-order valence-electron chi connectivity index (χ1n) is 19.2. The number of carbonyl (C=O) groups excluding carboxylic acids is 2. The first kappa shape index (κ1) is 39.0. The van der Waals surface area contributed by atoms with Crippen LogP contribution in [0.15, 0.2) is 115 Å². The van der Waals surface area contributed by atoms with E-state index in [9.17, 15) is 9.59 Å². The van der Waals surface area contributed by atoms with Crippen molar-refractivity contribution >= 4 is 51.9 Å². The van der Waals surface area contributed by atoms with Crippen LogP contribution >= 0.6 is 11.3 Å². The molecule has 0 bridgehead atoms. The minimum absolute atomic E-state index is 0.0965. The number of allylic oxidation sites excluding steroid dienone is 2. The van der Waals surface area contributed by atoms with Crippen LogP contribution in [0.25, 0.3) is 10.1 Å². The molecule has 1 saturated carbocycles. The molecule has 280 valence electrons. The number of hydrogen-bond donors (Lipinski definition) is 0. The number of rotatable bonds is 15. The van der Waals surface area contributed by atoms with Crippen LogP contribution in [0.4, 0.5) is 0 Å². The smallest absolute Gasteiger partial charge is 0.305 e. The second-order valence-electron chi connectivity index (χ2n) is 15.2. The van der Waals surface area contributed by atoms with Gasteiger partial charge in [-0.1, -0.05) is 118 Å². The summed E-state index contributed by atoms with van der Waals surface area (Å²) in [6, 6.07) is 32.3. The number of fused-ring (bicyclic) bond motifs is 1. The molecule has 2 heterocycles. The largest absolute Gasteiger partial charge is 0.469 e. The fourth-order valence-corrected chi connectivity index (χ4v) is 13.8. The van der Waals surface area contributed by atoms with Crippen molar-refractivity contribution in [1.29, 1.82) is 0 Å². The molecule has 0 spiro atoms. The van der Waals surface area contributed by atoms with E-state index < -0.39 is 8.32 Å². The number of unbranched alkanes of at least 4 members (excludes halogenated alkanes) is 1. The van der Waals surface area contributed by atoms with Gasteiger partial charge in [0.25, 0.3) is 8.32 Å². The van der Waals surface area contributed by atoms with Crippen LogP contribution in [-0.4, -0.2) is 46.2 Å². The maximum Gasteiger partial charge on any atom is 0.305 e. The highest BCUT2D eigenvalue weighted by Gasteiger charge is 2.52. The van der Waals surface area contributed by atoms with Crippen molar-refractivity contribution in [2.75, 3.05) is 13.7 Å². The Morgan fingerprint density at radius 1 is 0.962 bits per heavy atom. The highest BCUT2D eigenvalue weighted by Crippen LogP contribution is 2.44. The normalized spacial score (nSPS) is 21.1. The lowest BCUT2D eigenvalue weighted by Crippen LogP contribution is -2.66. The van der Waals surface area contributed by atoms with Crippen molar-refractivity contribution in [3.63, 3.8) is 0 Å². The molecular formula is C45H54O6SSi. The van der Waals surface area contributed by atoms with Crippen molar-refractivity contribution < 1.29 is 28.2 Å². The second kappa shape index (κ2) is 18.1. The molecule has 6 nitrogen and oxygen atoms in total. The van der Waals surface area contributed by atoms with Gasteiger partial charge in [0.2, 0.25) is 0 Å². The topological polar surface area (TPSA) is 71.1 Å². The Bertz CT molecular complexity index is 1780. The van der Waals surface area contributed by atoms with Gasteiger partial charge in [0, 0.05) is 34.9 Å². The Morgan fingerprint density at radius 3 is 2.30 bits per heavy atom. The summed E-state index contributed by atoms with van der Waals surface area (Å²) in [4.78, 5) is 26.7. The van der Waals surface area contributed by atoms with E-state index in [1.54, 1.807) is 11.3 Å². The molecule has 1 saturated heterocycles. The highest BCUT2D eigenvalue weighted by atomic mass is 32.1. The van der Waals surface area contributed by atoms with Gasteiger partial charge in [-0.3, -0.25) is 9.59 Å². The lowest BCUT2D eigenvalue weighted by atomic mass is 9.94. The number of thiophene rings is 1. The Hall–Kier alpha value is -3.66. The molecule has 0 radical (unpaired) electrons. The average Bonchev–Trinajstić information content (AvgIpc) is 3.73. The van der Waals surface area contributed by atoms with Gasteiger partial charge in [0.05, 0.1) is 19.3 Å². The van der Waals surface area contributed by atoms with Crippen molar-refractivity contribution in [3.8, 4) is 0 Å². The standard InChI is InChI=1S/C45H54O6SSi/c1-45(2,3)53(34-20-9-7-10-21-34,35-22-11-8-12-23-35)51-39(42-31-33-19-15-16-25-41(33)52-42)29-28-36-37(24-13-5-6-14-26-43(47)48-4)40(32-38(36)46)50-44-27-17-18-30-49-44/h5,7-13,15-16,19-23,25,28,31,37,39-40,44H,6,14,17-18,24,26-27,29-30,32H2,1-4H3/t37-,39-,40+,44?/m1/s1. The molecule has 0 N–H and O–H groups in total. The Morgan fingerprint density at radius 2 is 1.66 bits per heavy atom. The zero-order chi connectivity index (χ0) is 37.3. The molecule has 1 unspecified atom stereocenters. The van der Waals surface area contributed by atoms with E-state index in [2.05, 4.69) is 130 Å². The number of ether oxygens (including phenoxy) is 3. The molecule has 2 fully saturated rings. The predicted octanol–water partition coefficient (Wildman–Crippen LogP) is 9.63. The molecule has 1 aliphatic heterocycles. The molecule has 1 aromatic heterocycles. The van der Waals surface area contributed by atoms with Gasteiger partial charge in [0.15, 0.2) is 12.1 Å². The lowest BCUT2D eigenvalue weighted by Gasteiger charge is -2.45. The molecule has 8 heteroatoms. The number of hydrogen-bond acceptors (Lipinski definition) is 7. The minimum atomic E-state index is -2.94. The number of ketones is 1. The summed E-state index contributed by atoms with van der Waals surface area (Å²) in [6.45, 7) is 7.62. The number of Topliss-reactive ketones (excluding diaryl/α,β-unsaturated/α-hetero) is 1. The molecule has 0 amide bonds. The number of esters is 1. The monoisotopic (exact) mass is 750 g/mol. The van der Waals surface area contributed by atoms with Crippen molar-refractivity contribution in [1.82, 2.24) is 0 Å². The van der Waals surface area contributed by atoms with E-state index in [0.717, 1.165) is 42.6 Å². The molecule has 4 atom stereocenters. The first-order valence-corrected chi connectivity index (χ1v) is 21.9. The molecular weight excluding hydrogens is 697 g/mol. The maximum absolute atomic E-state index is 14.0. The van der Waals surface area contributed by atoms with Crippen molar-refractivity contribution in [2.45, 2.75) is 102 Å². The van der Waals surface area contributed by atoms with Crippen LogP contribution in [0.1, 0.15) is 89.5 Å². The molecule has 2 aliphatic rings. The number of benzene rings is 3. The predicted molar refractivity (Wildman–Crippen MR) is 217 cm³/mol. The van der Waals surface area contributed by atoms with Crippen molar-refractivity contribution in [2.24, 2.45) is 5.92 Å². The third kappa shape index (κ3) is 9.35. The maximum atomic E-state index is 14.0. The molecule has 4 aromatic rings. The van der Waals surface area contributed by atoms with E-state index in [0.29, 0.717) is 32.3 Å². The van der Waals surface area contributed by atoms with E-state index in [4.69, 9.17) is 18.6 Å². The van der Waals surface area contributed by atoms with Crippen LogP contribution in [0.3, 0.4) is 0 Å². The van der Waals surface area contributed by atoms with Gasteiger partial charge >= 0.3 is 5.97 Å². The van der Waals surface area contributed by atoms with E-state index >= 15 is 0 Å². The Kier molecular flexibility index (Phi) is 13.3. The van der Waals surface area contributed by atoms with E-state index in [1.807, 2.05) is 0 Å². The van der Waals surface area contributed by atoms with Gasteiger partial charge in [-0.2, -0.15) is 0 Å². The van der Waals surface area contributed by atoms with Gasteiger partial charge in [-0.15, -0.1) is 11.3 Å². The van der Waals surface area contributed by atoms with Gasteiger partial charge in [0.1, 0.15) is 0 Å². The third-order valence-corrected chi connectivity index (χ3v) is 16.9. The molecule has 6 rings (SSSR count). The highest BCUT2D eigenvalue weighted by molar-refractivity contribution is 7.19. The fraction of sp³-hybridized carbons (Fsp3) is 0.422. The van der Waals surface area contributed by atoms with Crippen LogP contribution in [-0.2, 0) is 28.2 Å². The molecule has 3 aromatic carbocycles. The number of carbonyl (C=O) groups is 2. The van der Waals surface area contributed by atoms with Gasteiger partial charge < -0.3 is 18.6 Å². The summed E-state index contributed by atoms with van der Waals surface area (Å²) in [5.41, 5.74) is 0.821. The average molecular weight is 751 g/mol. The minimum Gasteiger partial charge on any atom is -0.469 e. The molecule has 53 heavy (non-hydrogen) atoms. The van der Waals surface area contributed by atoms with E-state index in [-0.39, 0.29) is 41.2 Å². The van der Waals surface area contributed by atoms with Gasteiger partial charge in [-0.05, 0) is 83.4 Å². The van der Waals surface area contributed by atoms with E-state index in [1.165, 1.54) is 27.6 Å². The molecule has 1 aliphatic carbocycles. The summed E-state index contributed by atoms with van der Waals surface area (Å²) in [5, 5.41) is 3.45. The van der Waals surface area contributed by atoms with Crippen LogP contribution < -0.4 is 10.4 Å². The summed E-state index contributed by atoms with van der Waals surface area (Å²) in [7, 11) is -1.51. The lowest BCUT2D eigenvalue weighted by molar-refractivity contribution is -0.192. The first-order chi connectivity index (χ1) is 25.7. The Labute approximate surface area is 320 Å². The summed E-state index contributed by atoms with van der Waals surface area (Å²) in [5.74, 6) is -0.157. The SMILES string of the molecule is COC(=O)CCCC=CC[C@@H]1C(=CC[C@@H](O[Si](c2ccccc2)(c2ccccc2)C(C)(C)C)c2cc3ccccc3s2)C(=O)C[C@@H]1OC1CCCCO1. The van der Waals surface area contributed by atoms with Gasteiger partial charge in [-0.25, -0.2) is 0 Å². The zero-order valence-corrected chi connectivity index (χ0v) is 33.4. The summed E-state index contributed by atoms with van der Waals surface area (Å²) in [6.07, 6.45) is 12.0.